The largest absolute Gasteiger partial charge is 0.314 e. The van der Waals surface area contributed by atoms with Gasteiger partial charge in [0.1, 0.15) is 0 Å². The molecule has 3 rings (SSSR count). The maximum absolute atomic E-state index is 12.5. The van der Waals surface area contributed by atoms with Crippen LogP contribution in [0, 0.1) is 0 Å². The Bertz CT molecular complexity index is 860. The molecule has 1 aliphatic heterocycles. The van der Waals surface area contributed by atoms with E-state index in [0.717, 1.165) is 25.4 Å². The van der Waals surface area contributed by atoms with E-state index in [2.05, 4.69) is 25.5 Å². The summed E-state index contributed by atoms with van der Waals surface area (Å²) in [7, 11) is 0. The average molecular weight is 408 g/mol. The van der Waals surface area contributed by atoms with Crippen molar-refractivity contribution in [2.75, 3.05) is 36.0 Å². The van der Waals surface area contributed by atoms with Gasteiger partial charge in [0, 0.05) is 19.2 Å². The second kappa shape index (κ2) is 9.16. The first kappa shape index (κ1) is 19.6. The van der Waals surface area contributed by atoms with E-state index < -0.39 is 11.5 Å². The zero-order valence-electron chi connectivity index (χ0n) is 14.9. The minimum atomic E-state index is -0.498. The second-order valence-electron chi connectivity index (χ2n) is 6.10. The van der Waals surface area contributed by atoms with Crippen molar-refractivity contribution in [1.29, 1.82) is 0 Å². The number of H-pyrrole nitrogens is 1. The van der Waals surface area contributed by atoms with Gasteiger partial charge in [0.15, 0.2) is 16.7 Å². The number of thioether (sulfide) groups is 1. The van der Waals surface area contributed by atoms with E-state index in [1.54, 1.807) is 17.5 Å². The Balaban J connectivity index is 1.74. The van der Waals surface area contributed by atoms with Crippen LogP contribution in [0.1, 0.15) is 29.4 Å². The summed E-state index contributed by atoms with van der Waals surface area (Å²) < 4.78 is 0. The minimum absolute atomic E-state index is 0.0554. The molecular formula is C17H21N5O3S2. The summed E-state index contributed by atoms with van der Waals surface area (Å²) in [6.45, 7) is 4.46. The molecule has 2 aromatic rings. The van der Waals surface area contributed by atoms with Crippen LogP contribution >= 0.6 is 23.1 Å². The summed E-state index contributed by atoms with van der Waals surface area (Å²) in [6.07, 6.45) is 2.45. The zero-order chi connectivity index (χ0) is 19.2. The number of thiophene rings is 1. The van der Waals surface area contributed by atoms with Gasteiger partial charge in [-0.1, -0.05) is 17.8 Å². The lowest BCUT2D eigenvalue weighted by atomic mass is 10.4. The van der Waals surface area contributed by atoms with E-state index in [9.17, 15) is 14.4 Å². The van der Waals surface area contributed by atoms with Gasteiger partial charge in [0.05, 0.1) is 4.88 Å². The molecule has 1 aliphatic rings. The maximum atomic E-state index is 12.5. The Morgan fingerprint density at radius 2 is 2.11 bits per heavy atom. The summed E-state index contributed by atoms with van der Waals surface area (Å²) in [4.78, 5) is 46.1. The molecule has 3 N–H and O–H groups in total. The highest BCUT2D eigenvalue weighted by Crippen LogP contribution is 2.21. The normalized spacial score (nSPS) is 14.3. The van der Waals surface area contributed by atoms with Gasteiger partial charge >= 0.3 is 0 Å². The third-order valence-corrected chi connectivity index (χ3v) is 5.74. The smallest absolute Gasteiger partial charge is 0.277 e. The van der Waals surface area contributed by atoms with E-state index in [4.69, 9.17) is 0 Å². The molecule has 2 amide bonds. The molecule has 0 aliphatic carbocycles. The lowest BCUT2D eigenvalue weighted by molar-refractivity contribution is -0.114. The molecule has 27 heavy (non-hydrogen) atoms. The van der Waals surface area contributed by atoms with Gasteiger partial charge in [-0.2, -0.15) is 0 Å². The number of hydrogen-bond donors (Lipinski definition) is 3. The summed E-state index contributed by atoms with van der Waals surface area (Å²) in [5.74, 6) is 0.0505. The number of nitrogens with one attached hydrogen (secondary N) is 3. The number of aromatic amines is 1. The maximum Gasteiger partial charge on any atom is 0.277 e. The van der Waals surface area contributed by atoms with E-state index in [0.29, 0.717) is 10.0 Å². The van der Waals surface area contributed by atoms with Crippen LogP contribution in [0.15, 0.2) is 27.5 Å². The third-order valence-electron chi connectivity index (χ3n) is 4.02. The first-order valence-corrected chi connectivity index (χ1v) is 10.5. The summed E-state index contributed by atoms with van der Waals surface area (Å²) >= 11 is 2.68. The number of rotatable bonds is 7. The van der Waals surface area contributed by atoms with Crippen molar-refractivity contribution in [3.05, 3.63) is 32.7 Å². The molecule has 0 aromatic carbocycles. The highest BCUT2D eigenvalue weighted by atomic mass is 32.2. The molecular weight excluding hydrogens is 386 g/mol. The molecule has 2 aromatic heterocycles. The standard InChI is InChI=1S/C17H21N5O3S2/c1-11(23)18-14-13(19-15(24)12-5-4-9-26-12)16(25)21-17(20-14)27-10-8-22-6-2-3-7-22/h4-5,9H,2-3,6-8,10H2,1H3,(H,19,24)(H2,18,20,21,23,25). The molecule has 144 valence electrons. The topological polar surface area (TPSA) is 107 Å². The van der Waals surface area contributed by atoms with Crippen LogP contribution in [0.4, 0.5) is 11.5 Å². The van der Waals surface area contributed by atoms with Crippen molar-refractivity contribution < 1.29 is 9.59 Å². The molecule has 0 radical (unpaired) electrons. The molecule has 0 unspecified atom stereocenters. The van der Waals surface area contributed by atoms with Crippen molar-refractivity contribution in [3.8, 4) is 0 Å². The number of carbonyl (C=O) groups excluding carboxylic acids is 2. The van der Waals surface area contributed by atoms with Crippen molar-refractivity contribution >= 4 is 46.4 Å². The van der Waals surface area contributed by atoms with Gasteiger partial charge in [0.25, 0.3) is 11.5 Å². The minimum Gasteiger partial charge on any atom is -0.314 e. The molecule has 0 bridgehead atoms. The number of hydrogen-bond acceptors (Lipinski definition) is 7. The number of aromatic nitrogens is 2. The first-order chi connectivity index (χ1) is 13.0. The summed E-state index contributed by atoms with van der Waals surface area (Å²) in [5.41, 5.74) is -0.560. The van der Waals surface area contributed by atoms with E-state index in [1.165, 1.54) is 42.9 Å². The lowest BCUT2D eigenvalue weighted by Crippen LogP contribution is -2.25. The SMILES string of the molecule is CC(=O)Nc1nc(SCCN2CCCC2)[nH]c(=O)c1NC(=O)c1cccs1. The highest BCUT2D eigenvalue weighted by molar-refractivity contribution is 7.99. The van der Waals surface area contributed by atoms with Gasteiger partial charge < -0.3 is 15.5 Å². The van der Waals surface area contributed by atoms with Crippen molar-refractivity contribution in [3.63, 3.8) is 0 Å². The van der Waals surface area contributed by atoms with Crippen LogP contribution in [0.5, 0.6) is 0 Å². The van der Waals surface area contributed by atoms with E-state index >= 15 is 0 Å². The molecule has 0 atom stereocenters. The van der Waals surface area contributed by atoms with Crippen LogP contribution in [-0.2, 0) is 4.79 Å². The van der Waals surface area contributed by atoms with Crippen LogP contribution in [-0.4, -0.2) is 52.1 Å². The quantitative estimate of drug-likeness (QED) is 0.480. The Labute approximate surface area is 164 Å². The molecule has 0 saturated carbocycles. The molecule has 1 fully saturated rings. The third kappa shape index (κ3) is 5.41. The van der Waals surface area contributed by atoms with Crippen LogP contribution in [0.2, 0.25) is 0 Å². The van der Waals surface area contributed by atoms with Gasteiger partial charge in [-0.05, 0) is 37.4 Å². The molecule has 10 heteroatoms. The van der Waals surface area contributed by atoms with Crippen molar-refractivity contribution in [1.82, 2.24) is 14.9 Å². The Hall–Kier alpha value is -2.17. The van der Waals surface area contributed by atoms with Crippen molar-refractivity contribution in [2.45, 2.75) is 24.9 Å². The molecule has 3 heterocycles. The number of amides is 2. The molecule has 0 spiro atoms. The van der Waals surface area contributed by atoms with Crippen LogP contribution in [0.3, 0.4) is 0 Å². The predicted octanol–water partition coefficient (Wildman–Crippen LogP) is 2.23. The van der Waals surface area contributed by atoms with Crippen LogP contribution < -0.4 is 16.2 Å². The highest BCUT2D eigenvalue weighted by Gasteiger charge is 2.18. The Morgan fingerprint density at radius 3 is 2.78 bits per heavy atom. The second-order valence-corrected chi connectivity index (χ2v) is 8.14. The monoisotopic (exact) mass is 407 g/mol. The Kier molecular flexibility index (Phi) is 6.64. The van der Waals surface area contributed by atoms with Crippen molar-refractivity contribution in [2.24, 2.45) is 0 Å². The molecule has 8 nitrogen and oxygen atoms in total. The fourth-order valence-corrected chi connectivity index (χ4v) is 4.24. The fourth-order valence-electron chi connectivity index (χ4n) is 2.75. The lowest BCUT2D eigenvalue weighted by Gasteiger charge is -2.14. The Morgan fingerprint density at radius 1 is 1.33 bits per heavy atom. The first-order valence-electron chi connectivity index (χ1n) is 8.65. The van der Waals surface area contributed by atoms with E-state index in [-0.39, 0.29) is 17.4 Å². The van der Waals surface area contributed by atoms with Crippen LogP contribution in [0.25, 0.3) is 0 Å². The number of nitrogens with zero attached hydrogens (tertiary/aromatic N) is 2. The van der Waals surface area contributed by atoms with E-state index in [1.807, 2.05) is 0 Å². The van der Waals surface area contributed by atoms with Gasteiger partial charge in [0.2, 0.25) is 5.91 Å². The fraction of sp³-hybridized carbons (Fsp3) is 0.412. The predicted molar refractivity (Wildman–Crippen MR) is 108 cm³/mol. The van der Waals surface area contributed by atoms with Gasteiger partial charge in [-0.15, -0.1) is 11.3 Å². The number of likely N-dealkylation sites (tertiary alicyclic amines) is 1. The molecule has 1 saturated heterocycles. The number of carbonyl (C=O) groups is 2. The van der Waals surface area contributed by atoms with Gasteiger partial charge in [-0.3, -0.25) is 19.4 Å². The zero-order valence-corrected chi connectivity index (χ0v) is 16.5. The van der Waals surface area contributed by atoms with Gasteiger partial charge in [-0.25, -0.2) is 4.98 Å². The summed E-state index contributed by atoms with van der Waals surface area (Å²) in [5, 5.41) is 7.26. The average Bonchev–Trinajstić information content (AvgIpc) is 3.31. The summed E-state index contributed by atoms with van der Waals surface area (Å²) in [6, 6.07) is 3.40. The number of anilines is 2.